The van der Waals surface area contributed by atoms with Gasteiger partial charge in [-0.25, -0.2) is 12.7 Å². The summed E-state index contributed by atoms with van der Waals surface area (Å²) in [5, 5.41) is 10.3. The summed E-state index contributed by atoms with van der Waals surface area (Å²) < 4.78 is 26.9. The fraction of sp³-hybridized carbons (Fsp3) is 0.786. The van der Waals surface area contributed by atoms with Crippen LogP contribution in [0.15, 0.2) is 4.90 Å². The van der Waals surface area contributed by atoms with E-state index in [0.717, 1.165) is 19.3 Å². The van der Waals surface area contributed by atoms with Gasteiger partial charge in [-0.1, -0.05) is 19.8 Å². The molecule has 2 rings (SSSR count). The molecule has 1 saturated carbocycles. The smallest absolute Gasteiger partial charge is 0.246 e. The number of hydrogen-bond donors (Lipinski definition) is 2. The average Bonchev–Trinajstić information content (AvgIpc) is 3.19. The second kappa shape index (κ2) is 6.89. The van der Waals surface area contributed by atoms with Crippen molar-refractivity contribution in [2.45, 2.75) is 63.4 Å². The maximum atomic E-state index is 12.7. The van der Waals surface area contributed by atoms with Crippen LogP contribution in [0.25, 0.3) is 0 Å². The number of hydrogen-bond acceptors (Lipinski definition) is 4. The lowest BCUT2D eigenvalue weighted by molar-refractivity contribution is 0.453. The normalized spacial score (nSPS) is 15.8. The first-order valence-corrected chi connectivity index (χ1v) is 9.14. The predicted octanol–water partition coefficient (Wildman–Crippen LogP) is 1.78. The Labute approximate surface area is 127 Å². The van der Waals surface area contributed by atoms with Gasteiger partial charge in [0.1, 0.15) is 4.90 Å². The number of sulfonamides is 1. The van der Waals surface area contributed by atoms with Crippen molar-refractivity contribution < 1.29 is 8.42 Å². The maximum Gasteiger partial charge on any atom is 0.246 e. The molecule has 7 heteroatoms. The van der Waals surface area contributed by atoms with Crippen LogP contribution in [0.4, 0.5) is 0 Å². The molecule has 0 aliphatic heterocycles. The van der Waals surface area contributed by atoms with Crippen molar-refractivity contribution in [1.29, 1.82) is 0 Å². The highest BCUT2D eigenvalue weighted by Gasteiger charge is 2.29. The number of nitrogens with one attached hydrogen (secondary N) is 2. The quantitative estimate of drug-likeness (QED) is 0.681. The number of nitrogens with zero attached hydrogens (tertiary/aromatic N) is 2. The van der Waals surface area contributed by atoms with Crippen molar-refractivity contribution >= 4 is 10.0 Å². The largest absolute Gasteiger partial charge is 0.308 e. The van der Waals surface area contributed by atoms with Crippen molar-refractivity contribution in [3.63, 3.8) is 0 Å². The minimum atomic E-state index is -3.47. The number of aromatic amines is 1. The maximum absolute atomic E-state index is 12.7. The van der Waals surface area contributed by atoms with E-state index in [2.05, 4.69) is 22.4 Å². The van der Waals surface area contributed by atoms with E-state index in [4.69, 9.17) is 0 Å². The van der Waals surface area contributed by atoms with E-state index in [1.165, 1.54) is 17.1 Å². The molecule has 0 aromatic carbocycles. The summed E-state index contributed by atoms with van der Waals surface area (Å²) in [4.78, 5) is 0.342. The molecule has 1 aliphatic carbocycles. The van der Waals surface area contributed by atoms with E-state index < -0.39 is 10.0 Å². The molecule has 0 spiro atoms. The van der Waals surface area contributed by atoms with Gasteiger partial charge in [0.05, 0.1) is 11.4 Å². The summed E-state index contributed by atoms with van der Waals surface area (Å²) in [5.74, 6) is 0. The molecule has 0 unspecified atom stereocenters. The zero-order valence-corrected chi connectivity index (χ0v) is 14.0. The van der Waals surface area contributed by atoms with Gasteiger partial charge >= 0.3 is 0 Å². The molecule has 0 atom stereocenters. The molecule has 120 valence electrons. The molecule has 6 nitrogen and oxygen atoms in total. The van der Waals surface area contributed by atoms with Gasteiger partial charge in [-0.3, -0.25) is 5.10 Å². The van der Waals surface area contributed by atoms with Crippen molar-refractivity contribution in [1.82, 2.24) is 19.8 Å². The highest BCUT2D eigenvalue weighted by atomic mass is 32.2. The Bertz CT molecular complexity index is 564. The number of unbranched alkanes of at least 4 members (excludes halogenated alkanes) is 2. The second-order valence-electron chi connectivity index (χ2n) is 5.81. The highest BCUT2D eigenvalue weighted by molar-refractivity contribution is 7.89. The lowest BCUT2D eigenvalue weighted by Crippen LogP contribution is -2.29. The van der Waals surface area contributed by atoms with Gasteiger partial charge in [-0.15, -0.1) is 0 Å². The van der Waals surface area contributed by atoms with Gasteiger partial charge < -0.3 is 5.32 Å². The van der Waals surface area contributed by atoms with Crippen molar-refractivity contribution in [3.8, 4) is 0 Å². The highest BCUT2D eigenvalue weighted by Crippen LogP contribution is 2.24. The topological polar surface area (TPSA) is 78.1 Å². The average molecular weight is 314 g/mol. The van der Waals surface area contributed by atoms with E-state index in [0.29, 0.717) is 35.4 Å². The molecule has 1 heterocycles. The Kier molecular flexibility index (Phi) is 5.40. The molecule has 1 fully saturated rings. The van der Waals surface area contributed by atoms with Gasteiger partial charge in [0.25, 0.3) is 0 Å². The Balaban J connectivity index is 2.11. The molecular formula is C14H26N4O2S. The van der Waals surface area contributed by atoms with Crippen LogP contribution in [-0.2, 0) is 16.6 Å². The summed E-state index contributed by atoms with van der Waals surface area (Å²) in [7, 11) is -1.82. The Morgan fingerprint density at radius 2 is 2.10 bits per heavy atom. The van der Waals surface area contributed by atoms with Crippen LogP contribution in [0.1, 0.15) is 50.4 Å². The van der Waals surface area contributed by atoms with Crippen LogP contribution in [-0.4, -0.2) is 42.6 Å². The summed E-state index contributed by atoms with van der Waals surface area (Å²) >= 11 is 0. The lowest BCUT2D eigenvalue weighted by Gasteiger charge is -2.17. The first kappa shape index (κ1) is 16.5. The number of rotatable bonds is 9. The Hall–Kier alpha value is -0.920. The second-order valence-corrected chi connectivity index (χ2v) is 7.80. The fourth-order valence-corrected chi connectivity index (χ4v) is 3.85. The first-order chi connectivity index (χ1) is 9.96. The van der Waals surface area contributed by atoms with Crippen LogP contribution in [0.3, 0.4) is 0 Å². The first-order valence-electron chi connectivity index (χ1n) is 7.70. The van der Waals surface area contributed by atoms with Crippen molar-refractivity contribution in [2.75, 3.05) is 13.6 Å². The lowest BCUT2D eigenvalue weighted by atomic mass is 10.2. The van der Waals surface area contributed by atoms with E-state index in [1.807, 2.05) is 0 Å². The van der Waals surface area contributed by atoms with Crippen LogP contribution in [0, 0.1) is 6.92 Å². The molecular weight excluding hydrogens is 288 g/mol. The SMILES string of the molecule is CCCCCN(C)S(=O)(=O)c1c(CNC2CC2)n[nH]c1C. The molecule has 0 amide bonds. The molecule has 2 N–H and O–H groups in total. The molecule has 1 aliphatic rings. The zero-order valence-electron chi connectivity index (χ0n) is 13.1. The number of H-pyrrole nitrogens is 1. The molecule has 0 radical (unpaired) electrons. The minimum absolute atomic E-state index is 0.342. The summed E-state index contributed by atoms with van der Waals surface area (Å²) in [6, 6.07) is 0.528. The third-order valence-electron chi connectivity index (χ3n) is 3.84. The summed E-state index contributed by atoms with van der Waals surface area (Å²) in [6.45, 7) is 4.93. The Morgan fingerprint density at radius 3 is 2.71 bits per heavy atom. The van der Waals surface area contributed by atoms with Crippen LogP contribution in [0.5, 0.6) is 0 Å². The molecule has 1 aromatic rings. The monoisotopic (exact) mass is 314 g/mol. The third kappa shape index (κ3) is 4.05. The fourth-order valence-electron chi connectivity index (χ4n) is 2.32. The van der Waals surface area contributed by atoms with Gasteiger partial charge in [0.2, 0.25) is 10.0 Å². The van der Waals surface area contributed by atoms with E-state index in [-0.39, 0.29) is 0 Å². The van der Waals surface area contributed by atoms with Gasteiger partial charge in [-0.05, 0) is 26.2 Å². The van der Waals surface area contributed by atoms with Gasteiger partial charge in [0, 0.05) is 26.2 Å². The van der Waals surface area contributed by atoms with Crippen LogP contribution < -0.4 is 5.32 Å². The van der Waals surface area contributed by atoms with E-state index >= 15 is 0 Å². The number of aryl methyl sites for hydroxylation is 1. The molecule has 0 saturated heterocycles. The predicted molar refractivity (Wildman–Crippen MR) is 82.5 cm³/mol. The molecule has 1 aromatic heterocycles. The molecule has 0 bridgehead atoms. The third-order valence-corrected chi connectivity index (χ3v) is 5.90. The summed E-state index contributed by atoms with van der Waals surface area (Å²) in [5.41, 5.74) is 1.21. The Morgan fingerprint density at radius 1 is 1.38 bits per heavy atom. The standard InChI is InChI=1S/C14H26N4O2S/c1-4-5-6-9-18(3)21(19,20)14-11(2)16-17-13(14)10-15-12-7-8-12/h12,15H,4-10H2,1-3H3,(H,16,17). The summed E-state index contributed by atoms with van der Waals surface area (Å²) in [6.07, 6.45) is 5.35. The zero-order chi connectivity index (χ0) is 15.5. The van der Waals surface area contributed by atoms with Crippen LogP contribution in [0.2, 0.25) is 0 Å². The minimum Gasteiger partial charge on any atom is -0.308 e. The molecule has 21 heavy (non-hydrogen) atoms. The van der Waals surface area contributed by atoms with E-state index in [1.54, 1.807) is 14.0 Å². The van der Waals surface area contributed by atoms with Crippen molar-refractivity contribution in [3.05, 3.63) is 11.4 Å². The van der Waals surface area contributed by atoms with Gasteiger partial charge in [0.15, 0.2) is 0 Å². The number of aromatic nitrogens is 2. The van der Waals surface area contributed by atoms with Gasteiger partial charge in [-0.2, -0.15) is 5.10 Å². The van der Waals surface area contributed by atoms with E-state index in [9.17, 15) is 8.42 Å². The van der Waals surface area contributed by atoms with Crippen LogP contribution >= 0.6 is 0 Å². The van der Waals surface area contributed by atoms with Crippen molar-refractivity contribution in [2.24, 2.45) is 0 Å².